The predicted octanol–water partition coefficient (Wildman–Crippen LogP) is 1.87. The molecule has 0 saturated heterocycles. The Morgan fingerprint density at radius 2 is 2.29 bits per heavy atom. The highest BCUT2D eigenvalue weighted by Crippen LogP contribution is 2.22. The van der Waals surface area contributed by atoms with Crippen LogP contribution < -0.4 is 5.56 Å². The molecule has 1 aliphatic rings. The summed E-state index contributed by atoms with van der Waals surface area (Å²) in [6.07, 6.45) is 0.661. The van der Waals surface area contributed by atoms with Crippen molar-refractivity contribution in [1.29, 1.82) is 0 Å². The van der Waals surface area contributed by atoms with Gasteiger partial charge in [-0.1, -0.05) is 0 Å². The first-order valence-corrected chi connectivity index (χ1v) is 5.99. The molecule has 0 atom stereocenters. The Hall–Kier alpha value is -1.40. The minimum Gasteiger partial charge on any atom is -0.446 e. The fraction of sp³-hybridized carbons (Fsp3) is 0.273. The van der Waals surface area contributed by atoms with E-state index in [1.807, 2.05) is 0 Å². The number of fused-ring (bicyclic) bond motifs is 1. The first-order valence-electron chi connectivity index (χ1n) is 5.19. The van der Waals surface area contributed by atoms with Gasteiger partial charge in [-0.25, -0.2) is 4.98 Å². The van der Waals surface area contributed by atoms with Crippen LogP contribution in [0.4, 0.5) is 0 Å². The second-order valence-electron chi connectivity index (χ2n) is 3.75. The molecule has 2 aromatic heterocycles. The summed E-state index contributed by atoms with van der Waals surface area (Å²) < 4.78 is 11.2. The fourth-order valence-electron chi connectivity index (χ4n) is 1.80. The van der Waals surface area contributed by atoms with Crippen molar-refractivity contribution >= 4 is 15.9 Å². The van der Waals surface area contributed by atoms with Crippen LogP contribution in [0.3, 0.4) is 0 Å². The number of H-pyrrole nitrogens is 1. The quantitative estimate of drug-likeness (QED) is 0.872. The number of aromatic nitrogens is 2. The largest absolute Gasteiger partial charge is 0.446 e. The van der Waals surface area contributed by atoms with Gasteiger partial charge in [-0.3, -0.25) is 4.79 Å². The Morgan fingerprint density at radius 1 is 1.41 bits per heavy atom. The maximum absolute atomic E-state index is 11.8. The summed E-state index contributed by atoms with van der Waals surface area (Å²) in [5.74, 6) is 1.00. The molecule has 0 fully saturated rings. The number of rotatable bonds is 1. The van der Waals surface area contributed by atoms with Crippen molar-refractivity contribution in [1.82, 2.24) is 9.97 Å². The fourth-order valence-corrected chi connectivity index (χ4v) is 2.11. The smallest absolute Gasteiger partial charge is 0.257 e. The van der Waals surface area contributed by atoms with Gasteiger partial charge in [0.25, 0.3) is 5.56 Å². The lowest BCUT2D eigenvalue weighted by atomic mass is 10.1. The van der Waals surface area contributed by atoms with Gasteiger partial charge in [0.2, 0.25) is 0 Å². The Kier molecular flexibility index (Phi) is 2.60. The lowest BCUT2D eigenvalue weighted by molar-refractivity contribution is 0.108. The van der Waals surface area contributed by atoms with E-state index in [-0.39, 0.29) is 5.56 Å². The summed E-state index contributed by atoms with van der Waals surface area (Å²) in [4.78, 5) is 18.9. The molecule has 0 aliphatic carbocycles. The van der Waals surface area contributed by atoms with E-state index in [4.69, 9.17) is 9.15 Å². The Morgan fingerprint density at radius 3 is 3.06 bits per heavy atom. The summed E-state index contributed by atoms with van der Waals surface area (Å²) in [7, 11) is 0. The van der Waals surface area contributed by atoms with Crippen molar-refractivity contribution in [2.75, 3.05) is 6.61 Å². The van der Waals surface area contributed by atoms with E-state index >= 15 is 0 Å². The normalized spacial score (nSPS) is 14.6. The van der Waals surface area contributed by atoms with E-state index in [9.17, 15) is 4.79 Å². The lowest BCUT2D eigenvalue weighted by Crippen LogP contribution is -2.24. The molecule has 0 radical (unpaired) electrons. The van der Waals surface area contributed by atoms with E-state index < -0.39 is 0 Å². The van der Waals surface area contributed by atoms with Crippen LogP contribution >= 0.6 is 15.9 Å². The third kappa shape index (κ3) is 1.94. The molecule has 2 aromatic rings. The van der Waals surface area contributed by atoms with Crippen LogP contribution in [0.5, 0.6) is 0 Å². The summed E-state index contributed by atoms with van der Waals surface area (Å²) in [6, 6.07) is 3.52. The number of halogens is 1. The average molecular weight is 297 g/mol. The van der Waals surface area contributed by atoms with E-state index in [0.717, 1.165) is 5.69 Å². The van der Waals surface area contributed by atoms with Gasteiger partial charge in [0.05, 0.1) is 24.5 Å². The first kappa shape index (κ1) is 10.7. The summed E-state index contributed by atoms with van der Waals surface area (Å²) in [5.41, 5.74) is 1.25. The summed E-state index contributed by atoms with van der Waals surface area (Å²) >= 11 is 3.22. The van der Waals surface area contributed by atoms with Crippen molar-refractivity contribution in [2.24, 2.45) is 0 Å². The van der Waals surface area contributed by atoms with Gasteiger partial charge in [0, 0.05) is 6.42 Å². The zero-order valence-corrected chi connectivity index (χ0v) is 10.4. The predicted molar refractivity (Wildman–Crippen MR) is 63.6 cm³/mol. The van der Waals surface area contributed by atoms with Crippen LogP contribution in [0, 0.1) is 0 Å². The van der Waals surface area contributed by atoms with E-state index in [2.05, 4.69) is 25.9 Å². The van der Waals surface area contributed by atoms with E-state index in [1.165, 1.54) is 0 Å². The molecule has 0 spiro atoms. The maximum Gasteiger partial charge on any atom is 0.257 e. The number of hydrogen-bond donors (Lipinski definition) is 1. The molecule has 3 rings (SSSR count). The molecule has 0 aromatic carbocycles. The molecule has 88 valence electrons. The topological polar surface area (TPSA) is 68.1 Å². The Labute approximate surface area is 105 Å². The van der Waals surface area contributed by atoms with Gasteiger partial charge in [0.15, 0.2) is 16.3 Å². The molecule has 3 heterocycles. The van der Waals surface area contributed by atoms with Gasteiger partial charge in [0.1, 0.15) is 0 Å². The van der Waals surface area contributed by atoms with Crippen LogP contribution in [-0.2, 0) is 17.8 Å². The van der Waals surface area contributed by atoms with Crippen LogP contribution in [0.1, 0.15) is 11.3 Å². The van der Waals surface area contributed by atoms with Crippen molar-refractivity contribution in [3.05, 3.63) is 38.4 Å². The van der Waals surface area contributed by atoms with Crippen molar-refractivity contribution < 1.29 is 9.15 Å². The number of nitrogens with one attached hydrogen (secondary N) is 1. The number of hydrogen-bond acceptors (Lipinski definition) is 4. The minimum absolute atomic E-state index is 0.155. The molecular weight excluding hydrogens is 288 g/mol. The Balaban J connectivity index is 2.13. The van der Waals surface area contributed by atoms with Crippen LogP contribution in [0.2, 0.25) is 0 Å². The second-order valence-corrected chi connectivity index (χ2v) is 4.53. The molecule has 1 aliphatic heterocycles. The molecule has 1 N–H and O–H groups in total. The number of nitrogens with zero attached hydrogens (tertiary/aromatic N) is 1. The highest BCUT2D eigenvalue weighted by Gasteiger charge is 2.17. The maximum atomic E-state index is 11.8. The van der Waals surface area contributed by atoms with Gasteiger partial charge >= 0.3 is 0 Å². The van der Waals surface area contributed by atoms with Crippen molar-refractivity contribution in [3.8, 4) is 11.6 Å². The molecule has 0 unspecified atom stereocenters. The summed E-state index contributed by atoms with van der Waals surface area (Å²) in [5, 5.41) is 0. The molecule has 0 saturated carbocycles. The van der Waals surface area contributed by atoms with Crippen LogP contribution in [0.15, 0.2) is 26.0 Å². The molecule has 0 amide bonds. The monoisotopic (exact) mass is 296 g/mol. The highest BCUT2D eigenvalue weighted by atomic mass is 79.9. The first-order chi connectivity index (χ1) is 8.24. The van der Waals surface area contributed by atoms with E-state index in [1.54, 1.807) is 12.1 Å². The summed E-state index contributed by atoms with van der Waals surface area (Å²) in [6.45, 7) is 0.935. The lowest BCUT2D eigenvalue weighted by Gasteiger charge is -2.14. The van der Waals surface area contributed by atoms with Gasteiger partial charge < -0.3 is 14.1 Å². The van der Waals surface area contributed by atoms with Crippen LogP contribution in [0.25, 0.3) is 11.6 Å². The standard InChI is InChI=1S/C11H9BrN2O3/c12-9-2-1-8(17-9)10-13-7-3-4-16-5-6(7)11(15)14-10/h1-2H,3-5H2,(H,13,14,15). The number of aromatic amines is 1. The van der Waals surface area contributed by atoms with Gasteiger partial charge in [-0.05, 0) is 28.1 Å². The number of furan rings is 1. The van der Waals surface area contributed by atoms with E-state index in [0.29, 0.717) is 41.5 Å². The SMILES string of the molecule is O=c1[nH]c(-c2ccc(Br)o2)nc2c1COCC2. The third-order valence-electron chi connectivity index (χ3n) is 2.64. The highest BCUT2D eigenvalue weighted by molar-refractivity contribution is 9.10. The molecule has 6 heteroatoms. The van der Waals surface area contributed by atoms with Gasteiger partial charge in [-0.2, -0.15) is 0 Å². The number of ether oxygens (including phenoxy) is 1. The average Bonchev–Trinajstić information content (AvgIpc) is 2.76. The molecule has 0 bridgehead atoms. The zero-order chi connectivity index (χ0) is 11.8. The van der Waals surface area contributed by atoms with Crippen LogP contribution in [-0.4, -0.2) is 16.6 Å². The van der Waals surface area contributed by atoms with Crippen molar-refractivity contribution in [2.45, 2.75) is 13.0 Å². The molecule has 5 nitrogen and oxygen atoms in total. The van der Waals surface area contributed by atoms with Crippen molar-refractivity contribution in [3.63, 3.8) is 0 Å². The molecule has 17 heavy (non-hydrogen) atoms. The zero-order valence-electron chi connectivity index (χ0n) is 8.83. The molecular formula is C11H9BrN2O3. The minimum atomic E-state index is -0.155. The second kappa shape index (κ2) is 4.12. The Bertz CT molecular complexity index is 617. The van der Waals surface area contributed by atoms with Gasteiger partial charge in [-0.15, -0.1) is 0 Å². The third-order valence-corrected chi connectivity index (χ3v) is 3.06.